The van der Waals surface area contributed by atoms with E-state index < -0.39 is 17.9 Å². The number of hydrogen-bond acceptors (Lipinski definition) is 4. The van der Waals surface area contributed by atoms with Crippen LogP contribution in [0.4, 0.5) is 0 Å². The van der Waals surface area contributed by atoms with Crippen molar-refractivity contribution in [1.29, 1.82) is 0 Å². The molecule has 0 rings (SSSR count). The van der Waals surface area contributed by atoms with Crippen LogP contribution in [0.2, 0.25) is 0 Å². The van der Waals surface area contributed by atoms with Crippen molar-refractivity contribution in [2.75, 3.05) is 0 Å². The third-order valence-electron chi connectivity index (χ3n) is 0.904. The molecule has 0 bridgehead atoms. The van der Waals surface area contributed by atoms with Gasteiger partial charge in [-0.3, -0.25) is 0 Å². The van der Waals surface area contributed by atoms with E-state index in [0.717, 1.165) is 0 Å². The van der Waals surface area contributed by atoms with Crippen molar-refractivity contribution in [3.63, 3.8) is 0 Å². The monoisotopic (exact) mass is 184 g/mol. The molecule has 0 radical (unpaired) electrons. The van der Waals surface area contributed by atoms with Gasteiger partial charge in [0, 0.05) is 17.7 Å². The van der Waals surface area contributed by atoms with Crippen LogP contribution in [0.15, 0.2) is 24.3 Å². The van der Waals surface area contributed by atoms with Crippen molar-refractivity contribution in [2.24, 2.45) is 0 Å². The maximum atomic E-state index is 10.7. The van der Waals surface area contributed by atoms with Gasteiger partial charge in [-0.1, -0.05) is 6.58 Å². The van der Waals surface area contributed by atoms with Gasteiger partial charge in [-0.05, 0) is 6.92 Å². The number of ether oxygens (including phenoxy) is 1. The molecule has 1 N–H and O–H groups in total. The van der Waals surface area contributed by atoms with E-state index in [4.69, 9.17) is 5.11 Å². The molecule has 5 nitrogen and oxygen atoms in total. The quantitative estimate of drug-likeness (QED) is 0.387. The molecule has 70 valence electrons. The molecule has 0 aromatic rings. The van der Waals surface area contributed by atoms with Crippen LogP contribution in [-0.4, -0.2) is 23.0 Å². The highest BCUT2D eigenvalue weighted by Gasteiger charge is 2.07. The van der Waals surface area contributed by atoms with Gasteiger partial charge in [-0.15, -0.1) is 0 Å². The largest absolute Gasteiger partial charge is 0.478 e. The average molecular weight is 184 g/mol. The van der Waals surface area contributed by atoms with Crippen LogP contribution in [0, 0.1) is 0 Å². The third kappa shape index (κ3) is 5.37. The Labute approximate surface area is 74.3 Å². The second-order valence-electron chi connectivity index (χ2n) is 2.16. The van der Waals surface area contributed by atoms with Gasteiger partial charge in [0.15, 0.2) is 0 Å². The maximum Gasteiger partial charge on any atom is 0.340 e. The lowest BCUT2D eigenvalue weighted by Crippen LogP contribution is -2.10. The summed E-state index contributed by atoms with van der Waals surface area (Å²) < 4.78 is 4.13. The van der Waals surface area contributed by atoms with Gasteiger partial charge < -0.3 is 9.84 Å². The molecule has 0 saturated heterocycles. The fourth-order valence-electron chi connectivity index (χ4n) is 0.352. The van der Waals surface area contributed by atoms with Crippen LogP contribution in [0.1, 0.15) is 6.92 Å². The molecule has 0 aromatic heterocycles. The standard InChI is InChI=1S/C8H8O5/c1-5(2)8(12)13-7(11)4-3-6(9)10/h3-4H,1H2,2H3,(H,9,10). The van der Waals surface area contributed by atoms with Crippen molar-refractivity contribution >= 4 is 17.9 Å². The molecule has 0 spiro atoms. The van der Waals surface area contributed by atoms with Gasteiger partial charge >= 0.3 is 17.9 Å². The predicted octanol–water partition coefficient (Wildman–Crippen LogP) is 0.273. The first kappa shape index (κ1) is 11.1. The Balaban J connectivity index is 4.10. The van der Waals surface area contributed by atoms with E-state index in [9.17, 15) is 14.4 Å². The summed E-state index contributed by atoms with van der Waals surface area (Å²) in [5.74, 6) is -3.20. The second kappa shape index (κ2) is 4.87. The number of carboxylic acids is 1. The van der Waals surface area contributed by atoms with Crippen LogP contribution in [0.3, 0.4) is 0 Å². The fraction of sp³-hybridized carbons (Fsp3) is 0.125. The van der Waals surface area contributed by atoms with Gasteiger partial charge in [0.2, 0.25) is 0 Å². The molecular weight excluding hydrogens is 176 g/mol. The first-order valence-corrected chi connectivity index (χ1v) is 3.26. The van der Waals surface area contributed by atoms with E-state index in [1.807, 2.05) is 0 Å². The Morgan fingerprint density at radius 3 is 2.23 bits per heavy atom. The summed E-state index contributed by atoms with van der Waals surface area (Å²) in [5.41, 5.74) is 0.0667. The summed E-state index contributed by atoms with van der Waals surface area (Å²) in [6.45, 7) is 4.61. The summed E-state index contributed by atoms with van der Waals surface area (Å²) in [7, 11) is 0. The van der Waals surface area contributed by atoms with Crippen LogP contribution < -0.4 is 0 Å². The molecule has 0 aliphatic rings. The molecule has 0 aliphatic carbocycles. The van der Waals surface area contributed by atoms with E-state index in [1.54, 1.807) is 0 Å². The van der Waals surface area contributed by atoms with E-state index in [-0.39, 0.29) is 5.57 Å². The number of carboxylic acid groups (broad SMARTS) is 1. The summed E-state index contributed by atoms with van der Waals surface area (Å²) in [6.07, 6.45) is 1.22. The topological polar surface area (TPSA) is 80.7 Å². The summed E-state index contributed by atoms with van der Waals surface area (Å²) in [5, 5.41) is 8.11. The molecule has 0 aliphatic heterocycles. The van der Waals surface area contributed by atoms with Gasteiger partial charge in [0.05, 0.1) is 0 Å². The van der Waals surface area contributed by atoms with Crippen LogP contribution >= 0.6 is 0 Å². The van der Waals surface area contributed by atoms with Gasteiger partial charge in [-0.25, -0.2) is 14.4 Å². The van der Waals surface area contributed by atoms with Crippen molar-refractivity contribution in [2.45, 2.75) is 6.92 Å². The highest BCUT2D eigenvalue weighted by molar-refractivity contribution is 6.00. The molecule has 5 heteroatoms. The highest BCUT2D eigenvalue weighted by Crippen LogP contribution is 1.93. The zero-order valence-corrected chi connectivity index (χ0v) is 6.94. The predicted molar refractivity (Wildman–Crippen MR) is 42.7 cm³/mol. The van der Waals surface area contributed by atoms with E-state index in [0.29, 0.717) is 12.2 Å². The summed E-state index contributed by atoms with van der Waals surface area (Å²) >= 11 is 0. The lowest BCUT2D eigenvalue weighted by molar-refractivity contribution is -0.153. The molecule has 0 saturated carbocycles. The Bertz CT molecular complexity index is 287. The second-order valence-corrected chi connectivity index (χ2v) is 2.16. The minimum Gasteiger partial charge on any atom is -0.478 e. The van der Waals surface area contributed by atoms with Gasteiger partial charge in [0.1, 0.15) is 0 Å². The minimum absolute atomic E-state index is 0.0667. The first-order valence-electron chi connectivity index (χ1n) is 3.26. The molecule has 0 atom stereocenters. The Kier molecular flexibility index (Phi) is 4.15. The zero-order chi connectivity index (χ0) is 10.4. The van der Waals surface area contributed by atoms with Crippen LogP contribution in [-0.2, 0) is 19.1 Å². The Morgan fingerprint density at radius 1 is 1.31 bits per heavy atom. The van der Waals surface area contributed by atoms with Crippen molar-refractivity contribution in [3.05, 3.63) is 24.3 Å². The molecular formula is C8H8O5. The molecule has 0 amide bonds. The van der Waals surface area contributed by atoms with E-state index in [2.05, 4.69) is 11.3 Å². The lowest BCUT2D eigenvalue weighted by Gasteiger charge is -1.96. The van der Waals surface area contributed by atoms with Crippen molar-refractivity contribution in [3.8, 4) is 0 Å². The molecule has 0 aromatic carbocycles. The van der Waals surface area contributed by atoms with Crippen LogP contribution in [0.25, 0.3) is 0 Å². The SMILES string of the molecule is C=C(C)C(=O)OC(=O)C=CC(=O)O. The first-order chi connectivity index (χ1) is 5.93. The molecule has 0 fully saturated rings. The Morgan fingerprint density at radius 2 is 1.85 bits per heavy atom. The Hall–Kier alpha value is -1.91. The summed E-state index contributed by atoms with van der Waals surface area (Å²) in [6, 6.07) is 0. The van der Waals surface area contributed by atoms with Crippen LogP contribution in [0.5, 0.6) is 0 Å². The number of aliphatic carboxylic acids is 1. The average Bonchev–Trinajstić information content (AvgIpc) is 2.00. The van der Waals surface area contributed by atoms with Gasteiger partial charge in [0.25, 0.3) is 0 Å². The van der Waals surface area contributed by atoms with E-state index >= 15 is 0 Å². The lowest BCUT2D eigenvalue weighted by atomic mass is 10.4. The number of esters is 2. The van der Waals surface area contributed by atoms with Gasteiger partial charge in [-0.2, -0.15) is 0 Å². The third-order valence-corrected chi connectivity index (χ3v) is 0.904. The summed E-state index contributed by atoms with van der Waals surface area (Å²) in [4.78, 5) is 31.2. The number of rotatable bonds is 3. The van der Waals surface area contributed by atoms with E-state index in [1.165, 1.54) is 6.92 Å². The number of carbonyl (C=O) groups excluding carboxylic acids is 2. The maximum absolute atomic E-state index is 10.7. The molecule has 0 heterocycles. The van der Waals surface area contributed by atoms with Crippen molar-refractivity contribution < 1.29 is 24.2 Å². The highest BCUT2D eigenvalue weighted by atomic mass is 16.6. The normalized spacial score (nSPS) is 9.62. The molecule has 0 unspecified atom stereocenters. The number of carbonyl (C=O) groups is 3. The molecule has 13 heavy (non-hydrogen) atoms. The van der Waals surface area contributed by atoms with Crippen molar-refractivity contribution in [1.82, 2.24) is 0 Å². The minimum atomic E-state index is -1.29. The fourth-order valence-corrected chi connectivity index (χ4v) is 0.352. The smallest absolute Gasteiger partial charge is 0.340 e. The number of hydrogen-bond donors (Lipinski definition) is 1. The zero-order valence-electron chi connectivity index (χ0n) is 6.94.